The maximum atomic E-state index is 12.1. The lowest BCUT2D eigenvalue weighted by molar-refractivity contribution is -0.128. The molecule has 2 atom stereocenters. The Bertz CT molecular complexity index is 303. The number of thioether (sulfide) groups is 1. The van der Waals surface area contributed by atoms with Gasteiger partial charge in [-0.05, 0) is 37.9 Å². The third kappa shape index (κ3) is 4.67. The number of hydrogen-bond donors (Lipinski definition) is 2. The van der Waals surface area contributed by atoms with Crippen molar-refractivity contribution >= 4 is 17.7 Å². The quantitative estimate of drug-likeness (QED) is 0.816. The number of rotatable bonds is 5. The van der Waals surface area contributed by atoms with E-state index in [1.807, 2.05) is 11.8 Å². The van der Waals surface area contributed by atoms with Crippen LogP contribution >= 0.6 is 11.8 Å². The zero-order chi connectivity index (χ0) is 13.7. The van der Waals surface area contributed by atoms with Gasteiger partial charge in [0.2, 0.25) is 5.91 Å². The second kappa shape index (κ2) is 6.98. The minimum atomic E-state index is -0.724. The van der Waals surface area contributed by atoms with Crippen molar-refractivity contribution in [2.75, 3.05) is 5.75 Å². The van der Waals surface area contributed by atoms with Gasteiger partial charge in [0.05, 0.1) is 12.0 Å². The highest BCUT2D eigenvalue weighted by Crippen LogP contribution is 2.32. The molecule has 2 rings (SSSR count). The van der Waals surface area contributed by atoms with Crippen molar-refractivity contribution in [3.8, 4) is 0 Å². The molecule has 0 spiro atoms. The van der Waals surface area contributed by atoms with Crippen LogP contribution in [0.2, 0.25) is 0 Å². The maximum Gasteiger partial charge on any atom is 0.223 e. The molecule has 0 heterocycles. The van der Waals surface area contributed by atoms with Crippen LogP contribution < -0.4 is 5.32 Å². The van der Waals surface area contributed by atoms with Crippen molar-refractivity contribution in [2.24, 2.45) is 0 Å². The van der Waals surface area contributed by atoms with E-state index in [2.05, 4.69) is 12.2 Å². The van der Waals surface area contributed by atoms with Crippen LogP contribution in [0.5, 0.6) is 0 Å². The first-order valence-electron chi connectivity index (χ1n) is 7.75. The monoisotopic (exact) mass is 285 g/mol. The smallest absolute Gasteiger partial charge is 0.223 e. The number of aliphatic hydroxyl groups is 1. The Labute approximate surface area is 120 Å². The van der Waals surface area contributed by atoms with Crippen LogP contribution in [0, 0.1) is 0 Å². The van der Waals surface area contributed by atoms with E-state index < -0.39 is 5.60 Å². The van der Waals surface area contributed by atoms with Crippen molar-refractivity contribution in [3.05, 3.63) is 0 Å². The summed E-state index contributed by atoms with van der Waals surface area (Å²) in [5.41, 5.74) is -0.724. The van der Waals surface area contributed by atoms with Crippen molar-refractivity contribution in [3.63, 3.8) is 0 Å². The molecule has 0 aromatic carbocycles. The molecule has 2 aliphatic rings. The normalized spacial score (nSPS) is 30.2. The molecule has 0 aromatic heterocycles. The maximum absolute atomic E-state index is 12.1. The summed E-state index contributed by atoms with van der Waals surface area (Å²) in [6.07, 6.45) is 8.61. The molecule has 19 heavy (non-hydrogen) atoms. The molecule has 2 N–H and O–H groups in total. The van der Waals surface area contributed by atoms with Crippen LogP contribution in [-0.4, -0.2) is 33.7 Å². The Morgan fingerprint density at radius 1 is 1.32 bits per heavy atom. The van der Waals surface area contributed by atoms with E-state index in [-0.39, 0.29) is 5.91 Å². The fourth-order valence-electron chi connectivity index (χ4n) is 3.42. The van der Waals surface area contributed by atoms with Gasteiger partial charge in [-0.15, -0.1) is 0 Å². The predicted molar refractivity (Wildman–Crippen MR) is 80.4 cm³/mol. The first-order valence-corrected chi connectivity index (χ1v) is 8.79. The molecule has 0 saturated heterocycles. The number of carbonyl (C=O) groups is 1. The SMILES string of the molecule is CCSC1CCC(NC(=O)CC2(O)CCCCC2)C1. The van der Waals surface area contributed by atoms with Crippen molar-refractivity contribution in [1.82, 2.24) is 5.32 Å². The van der Waals surface area contributed by atoms with E-state index in [1.54, 1.807) is 0 Å². The average Bonchev–Trinajstić information content (AvgIpc) is 2.77. The molecule has 2 saturated carbocycles. The highest BCUT2D eigenvalue weighted by molar-refractivity contribution is 7.99. The summed E-state index contributed by atoms with van der Waals surface area (Å²) < 4.78 is 0. The van der Waals surface area contributed by atoms with Gasteiger partial charge in [0.1, 0.15) is 0 Å². The minimum absolute atomic E-state index is 0.0524. The molecule has 3 nitrogen and oxygen atoms in total. The summed E-state index contributed by atoms with van der Waals surface area (Å²) in [7, 11) is 0. The molecule has 2 fully saturated rings. The van der Waals surface area contributed by atoms with Gasteiger partial charge in [0.25, 0.3) is 0 Å². The number of carbonyl (C=O) groups excluding carboxylic acids is 1. The summed E-state index contributed by atoms with van der Waals surface area (Å²) in [5, 5.41) is 14.2. The van der Waals surface area contributed by atoms with Gasteiger partial charge in [-0.2, -0.15) is 11.8 Å². The summed E-state index contributed by atoms with van der Waals surface area (Å²) >= 11 is 2.00. The Kier molecular flexibility index (Phi) is 5.58. The number of hydrogen-bond acceptors (Lipinski definition) is 3. The van der Waals surface area contributed by atoms with Gasteiger partial charge >= 0.3 is 0 Å². The molecule has 2 aliphatic carbocycles. The Balaban J connectivity index is 1.72. The van der Waals surface area contributed by atoms with Crippen LogP contribution in [0.15, 0.2) is 0 Å². The van der Waals surface area contributed by atoms with E-state index in [0.29, 0.717) is 17.7 Å². The molecule has 0 radical (unpaired) electrons. The van der Waals surface area contributed by atoms with E-state index in [0.717, 1.165) is 44.3 Å². The molecule has 0 bridgehead atoms. The second-order valence-corrected chi connectivity index (χ2v) is 7.69. The lowest BCUT2D eigenvalue weighted by Crippen LogP contribution is -2.41. The number of nitrogens with one attached hydrogen (secondary N) is 1. The van der Waals surface area contributed by atoms with Crippen molar-refractivity contribution < 1.29 is 9.90 Å². The van der Waals surface area contributed by atoms with Gasteiger partial charge in [-0.1, -0.05) is 26.2 Å². The topological polar surface area (TPSA) is 49.3 Å². The van der Waals surface area contributed by atoms with Crippen LogP contribution in [-0.2, 0) is 4.79 Å². The third-order valence-electron chi connectivity index (χ3n) is 4.43. The molecular weight excluding hydrogens is 258 g/mol. The van der Waals surface area contributed by atoms with Gasteiger partial charge in [0.15, 0.2) is 0 Å². The Hall–Kier alpha value is -0.220. The zero-order valence-corrected chi connectivity index (χ0v) is 12.8. The van der Waals surface area contributed by atoms with Gasteiger partial charge in [-0.25, -0.2) is 0 Å². The highest BCUT2D eigenvalue weighted by atomic mass is 32.2. The lowest BCUT2D eigenvalue weighted by Gasteiger charge is -2.31. The molecule has 1 amide bonds. The first kappa shape index (κ1) is 15.2. The summed E-state index contributed by atoms with van der Waals surface area (Å²) in [6.45, 7) is 2.19. The van der Waals surface area contributed by atoms with Crippen molar-refractivity contribution in [2.45, 2.75) is 81.6 Å². The molecule has 0 aliphatic heterocycles. The molecule has 0 aromatic rings. The van der Waals surface area contributed by atoms with Gasteiger partial charge < -0.3 is 10.4 Å². The van der Waals surface area contributed by atoms with Crippen LogP contribution in [0.3, 0.4) is 0 Å². The molecule has 2 unspecified atom stereocenters. The molecular formula is C15H27NO2S. The van der Waals surface area contributed by atoms with E-state index in [4.69, 9.17) is 0 Å². The summed E-state index contributed by atoms with van der Waals surface area (Å²) in [4.78, 5) is 12.1. The van der Waals surface area contributed by atoms with Gasteiger partial charge in [0, 0.05) is 11.3 Å². The van der Waals surface area contributed by atoms with E-state index in [1.165, 1.54) is 12.8 Å². The average molecular weight is 285 g/mol. The van der Waals surface area contributed by atoms with E-state index in [9.17, 15) is 9.90 Å². The van der Waals surface area contributed by atoms with Crippen molar-refractivity contribution in [1.29, 1.82) is 0 Å². The Morgan fingerprint density at radius 3 is 2.74 bits per heavy atom. The summed E-state index contributed by atoms with van der Waals surface area (Å²) in [6, 6.07) is 0.337. The molecule has 110 valence electrons. The van der Waals surface area contributed by atoms with Crippen LogP contribution in [0.25, 0.3) is 0 Å². The van der Waals surface area contributed by atoms with Crippen LogP contribution in [0.4, 0.5) is 0 Å². The molecule has 4 heteroatoms. The largest absolute Gasteiger partial charge is 0.389 e. The zero-order valence-electron chi connectivity index (χ0n) is 12.0. The third-order valence-corrected chi connectivity index (χ3v) is 5.66. The minimum Gasteiger partial charge on any atom is -0.389 e. The number of amides is 1. The van der Waals surface area contributed by atoms with E-state index >= 15 is 0 Å². The standard InChI is InChI=1S/C15H27NO2S/c1-2-19-13-7-6-12(10-13)16-14(17)11-15(18)8-4-3-5-9-15/h12-13,18H,2-11H2,1H3,(H,16,17). The van der Waals surface area contributed by atoms with Crippen LogP contribution in [0.1, 0.15) is 64.7 Å². The predicted octanol–water partition coefficient (Wildman–Crippen LogP) is 2.86. The lowest BCUT2D eigenvalue weighted by atomic mass is 9.82. The first-order chi connectivity index (χ1) is 9.11. The fourth-order valence-corrected chi connectivity index (χ4v) is 4.57. The van der Waals surface area contributed by atoms with Gasteiger partial charge in [-0.3, -0.25) is 4.79 Å². The highest BCUT2D eigenvalue weighted by Gasteiger charge is 2.33. The Morgan fingerprint density at radius 2 is 2.05 bits per heavy atom. The second-order valence-electron chi connectivity index (χ2n) is 6.12. The summed E-state index contributed by atoms with van der Waals surface area (Å²) in [5.74, 6) is 1.21. The fraction of sp³-hybridized carbons (Fsp3) is 0.933.